The lowest BCUT2D eigenvalue weighted by Gasteiger charge is -2.01. The van der Waals surface area contributed by atoms with Crippen molar-refractivity contribution in [2.24, 2.45) is 5.92 Å². The highest BCUT2D eigenvalue weighted by Crippen LogP contribution is 2.16. The van der Waals surface area contributed by atoms with E-state index < -0.39 is 0 Å². The van der Waals surface area contributed by atoms with Crippen LogP contribution in [0.3, 0.4) is 0 Å². The van der Waals surface area contributed by atoms with Crippen LogP contribution in [0.15, 0.2) is 4.52 Å². The van der Waals surface area contributed by atoms with E-state index in [1.165, 1.54) is 0 Å². The summed E-state index contributed by atoms with van der Waals surface area (Å²) in [5, 5.41) is 7.13. The lowest BCUT2D eigenvalue weighted by molar-refractivity contribution is 0.185. The number of ether oxygens (including phenoxy) is 2. The van der Waals surface area contributed by atoms with E-state index in [2.05, 4.69) is 15.5 Å². The Morgan fingerprint density at radius 2 is 2.47 bits per heavy atom. The maximum Gasteiger partial charge on any atom is 0.240 e. The minimum Gasteiger partial charge on any atom is -0.383 e. The van der Waals surface area contributed by atoms with Crippen molar-refractivity contribution in [2.45, 2.75) is 19.4 Å². The van der Waals surface area contributed by atoms with Crippen molar-refractivity contribution in [1.29, 1.82) is 0 Å². The van der Waals surface area contributed by atoms with Crippen molar-refractivity contribution in [1.82, 2.24) is 15.5 Å². The molecule has 1 fully saturated rings. The van der Waals surface area contributed by atoms with E-state index in [-0.39, 0.29) is 0 Å². The third-order valence-electron chi connectivity index (χ3n) is 2.76. The summed E-state index contributed by atoms with van der Waals surface area (Å²) >= 11 is 0. The molecular formula is C11H19N3O3. The summed E-state index contributed by atoms with van der Waals surface area (Å²) in [4.78, 5) is 4.33. The minimum atomic E-state index is 0.543. The Balaban J connectivity index is 1.71. The third-order valence-corrected chi connectivity index (χ3v) is 2.76. The molecule has 0 radical (unpaired) electrons. The summed E-state index contributed by atoms with van der Waals surface area (Å²) in [6.45, 7) is 3.73. The molecular weight excluding hydrogens is 222 g/mol. The number of methoxy groups -OCH3 is 1. The van der Waals surface area contributed by atoms with E-state index in [1.54, 1.807) is 7.11 Å². The Morgan fingerprint density at radius 3 is 3.24 bits per heavy atom. The normalized spacial score (nSPS) is 19.9. The molecule has 6 heteroatoms. The SMILES string of the molecule is COCCNCc1nc(CC2CCOC2)no1. The highest BCUT2D eigenvalue weighted by Gasteiger charge is 2.18. The molecule has 1 aromatic rings. The van der Waals surface area contributed by atoms with Gasteiger partial charge in [0, 0.05) is 33.3 Å². The van der Waals surface area contributed by atoms with Gasteiger partial charge >= 0.3 is 0 Å². The van der Waals surface area contributed by atoms with Crippen LogP contribution < -0.4 is 5.32 Å². The Morgan fingerprint density at radius 1 is 1.53 bits per heavy atom. The highest BCUT2D eigenvalue weighted by molar-refractivity contribution is 4.89. The van der Waals surface area contributed by atoms with Crippen LogP contribution in [-0.2, 0) is 22.4 Å². The lowest BCUT2D eigenvalue weighted by Crippen LogP contribution is -2.18. The van der Waals surface area contributed by atoms with Crippen molar-refractivity contribution in [3.63, 3.8) is 0 Å². The van der Waals surface area contributed by atoms with Crippen molar-refractivity contribution >= 4 is 0 Å². The molecule has 17 heavy (non-hydrogen) atoms. The van der Waals surface area contributed by atoms with Gasteiger partial charge in [-0.05, 0) is 12.3 Å². The topological polar surface area (TPSA) is 69.4 Å². The Labute approximate surface area is 101 Å². The van der Waals surface area contributed by atoms with E-state index >= 15 is 0 Å². The van der Waals surface area contributed by atoms with Crippen LogP contribution >= 0.6 is 0 Å². The average molecular weight is 241 g/mol. The van der Waals surface area contributed by atoms with Gasteiger partial charge in [-0.25, -0.2) is 0 Å². The van der Waals surface area contributed by atoms with Gasteiger partial charge in [0.05, 0.1) is 13.2 Å². The van der Waals surface area contributed by atoms with Crippen molar-refractivity contribution in [3.8, 4) is 0 Å². The molecule has 1 N–H and O–H groups in total. The molecule has 1 aromatic heterocycles. The predicted molar refractivity (Wildman–Crippen MR) is 60.5 cm³/mol. The van der Waals surface area contributed by atoms with Gasteiger partial charge in [-0.3, -0.25) is 0 Å². The maximum absolute atomic E-state index is 5.32. The van der Waals surface area contributed by atoms with Crippen LogP contribution in [-0.4, -0.2) is 43.6 Å². The van der Waals surface area contributed by atoms with Crippen molar-refractivity contribution in [3.05, 3.63) is 11.7 Å². The molecule has 0 aromatic carbocycles. The smallest absolute Gasteiger partial charge is 0.240 e. The van der Waals surface area contributed by atoms with Gasteiger partial charge in [-0.2, -0.15) is 4.98 Å². The van der Waals surface area contributed by atoms with Gasteiger partial charge in [0.2, 0.25) is 5.89 Å². The Kier molecular flexibility index (Phi) is 4.90. The van der Waals surface area contributed by atoms with E-state index in [1.807, 2.05) is 0 Å². The van der Waals surface area contributed by atoms with E-state index in [0.29, 0.717) is 25.0 Å². The first-order chi connectivity index (χ1) is 8.38. The van der Waals surface area contributed by atoms with Gasteiger partial charge in [0.25, 0.3) is 0 Å². The second kappa shape index (κ2) is 6.68. The van der Waals surface area contributed by atoms with Gasteiger partial charge in [0.1, 0.15) is 0 Å². The number of hydrogen-bond donors (Lipinski definition) is 1. The zero-order chi connectivity index (χ0) is 11.9. The summed E-state index contributed by atoms with van der Waals surface area (Å²) in [6, 6.07) is 0. The molecule has 0 bridgehead atoms. The van der Waals surface area contributed by atoms with Gasteiger partial charge < -0.3 is 19.3 Å². The quantitative estimate of drug-likeness (QED) is 0.696. The molecule has 2 heterocycles. The third kappa shape index (κ3) is 4.07. The van der Waals surface area contributed by atoms with Crippen LogP contribution in [0, 0.1) is 5.92 Å². The van der Waals surface area contributed by atoms with E-state index in [4.69, 9.17) is 14.0 Å². The molecule has 96 valence electrons. The fourth-order valence-electron chi connectivity index (χ4n) is 1.82. The molecule has 2 rings (SSSR count). The summed E-state index contributed by atoms with van der Waals surface area (Å²) in [5.41, 5.74) is 0. The standard InChI is InChI=1S/C11H19N3O3/c1-15-5-3-12-7-11-13-10(14-17-11)6-9-2-4-16-8-9/h9,12H,2-8H2,1H3. The van der Waals surface area contributed by atoms with Gasteiger partial charge in [0.15, 0.2) is 5.82 Å². The Bertz CT molecular complexity index is 324. The van der Waals surface area contributed by atoms with Crippen molar-refractivity contribution < 1.29 is 14.0 Å². The second-order valence-corrected chi connectivity index (χ2v) is 4.21. The van der Waals surface area contributed by atoms with Gasteiger partial charge in [-0.15, -0.1) is 0 Å². The van der Waals surface area contributed by atoms with E-state index in [9.17, 15) is 0 Å². The summed E-state index contributed by atoms with van der Waals surface area (Å²) in [7, 11) is 1.68. The van der Waals surface area contributed by atoms with Crippen LogP contribution in [0.2, 0.25) is 0 Å². The number of nitrogens with zero attached hydrogens (tertiary/aromatic N) is 2. The highest BCUT2D eigenvalue weighted by atomic mass is 16.5. The summed E-state index contributed by atoms with van der Waals surface area (Å²) in [5.74, 6) is 1.96. The van der Waals surface area contributed by atoms with Crippen LogP contribution in [0.1, 0.15) is 18.1 Å². The molecule has 1 unspecified atom stereocenters. The fraction of sp³-hybridized carbons (Fsp3) is 0.818. The molecule has 1 aliphatic rings. The number of aromatic nitrogens is 2. The first kappa shape index (κ1) is 12.5. The lowest BCUT2D eigenvalue weighted by atomic mass is 10.1. The molecule has 6 nitrogen and oxygen atoms in total. The molecule has 0 saturated carbocycles. The number of rotatable bonds is 7. The largest absolute Gasteiger partial charge is 0.383 e. The maximum atomic E-state index is 5.32. The number of hydrogen-bond acceptors (Lipinski definition) is 6. The molecule has 1 atom stereocenters. The second-order valence-electron chi connectivity index (χ2n) is 4.21. The number of nitrogens with one attached hydrogen (secondary N) is 1. The monoisotopic (exact) mass is 241 g/mol. The zero-order valence-electron chi connectivity index (χ0n) is 10.1. The molecule has 1 aliphatic heterocycles. The first-order valence-electron chi connectivity index (χ1n) is 5.97. The van der Waals surface area contributed by atoms with Crippen molar-refractivity contribution in [2.75, 3.05) is 33.5 Å². The average Bonchev–Trinajstić information content (AvgIpc) is 2.97. The molecule has 0 spiro atoms. The molecule has 1 saturated heterocycles. The predicted octanol–water partition coefficient (Wildman–Crippen LogP) is 0.385. The molecule has 0 amide bonds. The van der Waals surface area contributed by atoms with Crippen LogP contribution in [0.4, 0.5) is 0 Å². The van der Waals surface area contributed by atoms with E-state index in [0.717, 1.165) is 38.4 Å². The first-order valence-corrected chi connectivity index (χ1v) is 5.97. The summed E-state index contributed by atoms with van der Waals surface area (Å²) in [6.07, 6.45) is 1.94. The van der Waals surface area contributed by atoms with Crippen LogP contribution in [0.25, 0.3) is 0 Å². The zero-order valence-corrected chi connectivity index (χ0v) is 10.1. The summed E-state index contributed by atoms with van der Waals surface area (Å²) < 4.78 is 15.4. The van der Waals surface area contributed by atoms with Crippen LogP contribution in [0.5, 0.6) is 0 Å². The van der Waals surface area contributed by atoms with Gasteiger partial charge in [-0.1, -0.05) is 5.16 Å². The Hall–Kier alpha value is -0.980. The molecule has 0 aliphatic carbocycles. The fourth-order valence-corrected chi connectivity index (χ4v) is 1.82. The minimum absolute atomic E-state index is 0.543.